The van der Waals surface area contributed by atoms with Crippen molar-refractivity contribution in [3.8, 4) is 0 Å². The lowest BCUT2D eigenvalue weighted by Gasteiger charge is -2.35. The van der Waals surface area contributed by atoms with Gasteiger partial charge >= 0.3 is 12.1 Å². The van der Waals surface area contributed by atoms with Crippen molar-refractivity contribution in [1.29, 1.82) is 0 Å². The van der Waals surface area contributed by atoms with Crippen molar-refractivity contribution in [3.63, 3.8) is 0 Å². The maximum absolute atomic E-state index is 12.0. The lowest BCUT2D eigenvalue weighted by Crippen LogP contribution is -2.49. The molecule has 24 heavy (non-hydrogen) atoms. The monoisotopic (exact) mass is 335 g/mol. The van der Waals surface area contributed by atoms with Gasteiger partial charge in [0.1, 0.15) is 11.3 Å². The van der Waals surface area contributed by atoms with Gasteiger partial charge in [-0.25, -0.2) is 14.6 Å². The molecule has 0 radical (unpaired) electrons. The number of aromatic nitrogens is 1. The summed E-state index contributed by atoms with van der Waals surface area (Å²) in [6.07, 6.45) is 1.43. The van der Waals surface area contributed by atoms with Gasteiger partial charge in [-0.05, 0) is 32.4 Å². The van der Waals surface area contributed by atoms with Crippen molar-refractivity contribution in [2.24, 2.45) is 0 Å². The van der Waals surface area contributed by atoms with Crippen molar-refractivity contribution in [3.05, 3.63) is 29.6 Å². The molecule has 0 unspecified atom stereocenters. The van der Waals surface area contributed by atoms with E-state index in [0.717, 1.165) is 25.2 Å². The Morgan fingerprint density at radius 3 is 2.33 bits per heavy atom. The van der Waals surface area contributed by atoms with Crippen LogP contribution in [-0.4, -0.2) is 65.7 Å². The van der Waals surface area contributed by atoms with Crippen molar-refractivity contribution in [2.45, 2.75) is 32.9 Å². The Labute approximate surface area is 142 Å². The van der Waals surface area contributed by atoms with Crippen LogP contribution in [0.5, 0.6) is 0 Å². The first-order chi connectivity index (χ1) is 11.3. The first kappa shape index (κ1) is 18.2. The van der Waals surface area contributed by atoms with E-state index in [1.807, 2.05) is 26.8 Å². The van der Waals surface area contributed by atoms with E-state index in [2.05, 4.69) is 14.6 Å². The fourth-order valence-electron chi connectivity index (χ4n) is 2.42. The molecule has 0 aliphatic carbocycles. The zero-order chi connectivity index (χ0) is 17.7. The Hall–Kier alpha value is -2.15. The first-order valence-electron chi connectivity index (χ1n) is 8.02. The number of hydrogen-bond acceptors (Lipinski definition) is 6. The molecule has 0 aromatic carbocycles. The molecule has 1 amide bonds. The van der Waals surface area contributed by atoms with Crippen LogP contribution in [0.2, 0.25) is 0 Å². The number of rotatable bonds is 3. The number of piperazine rings is 1. The molecule has 1 aromatic heterocycles. The van der Waals surface area contributed by atoms with Gasteiger partial charge in [-0.2, -0.15) is 0 Å². The first-order valence-corrected chi connectivity index (χ1v) is 8.02. The smallest absolute Gasteiger partial charge is 0.410 e. The van der Waals surface area contributed by atoms with Crippen LogP contribution < -0.4 is 0 Å². The normalized spacial score (nSPS) is 15.9. The van der Waals surface area contributed by atoms with E-state index in [1.165, 1.54) is 7.11 Å². The van der Waals surface area contributed by atoms with E-state index in [-0.39, 0.29) is 6.09 Å². The van der Waals surface area contributed by atoms with E-state index in [1.54, 1.807) is 17.2 Å². The molecule has 1 fully saturated rings. The van der Waals surface area contributed by atoms with E-state index in [0.29, 0.717) is 18.8 Å². The van der Waals surface area contributed by atoms with Crippen LogP contribution in [0.25, 0.3) is 0 Å². The van der Waals surface area contributed by atoms with Crippen LogP contribution in [0.3, 0.4) is 0 Å². The summed E-state index contributed by atoms with van der Waals surface area (Å²) in [6, 6.07) is 3.54. The van der Waals surface area contributed by atoms with Gasteiger partial charge in [-0.1, -0.05) is 6.07 Å². The Bertz CT molecular complexity index is 572. The second-order valence-corrected chi connectivity index (χ2v) is 6.79. The van der Waals surface area contributed by atoms with Crippen LogP contribution >= 0.6 is 0 Å². The van der Waals surface area contributed by atoms with Crippen molar-refractivity contribution in [1.82, 2.24) is 14.8 Å². The summed E-state index contributed by atoms with van der Waals surface area (Å²) in [6.45, 7) is 9.17. The van der Waals surface area contributed by atoms with E-state index >= 15 is 0 Å². The summed E-state index contributed by atoms with van der Waals surface area (Å²) in [5.41, 5.74) is 0.853. The second-order valence-electron chi connectivity index (χ2n) is 6.79. The highest BCUT2D eigenvalue weighted by Crippen LogP contribution is 2.13. The molecule has 1 aliphatic rings. The molecule has 0 saturated carbocycles. The van der Waals surface area contributed by atoms with Gasteiger partial charge in [0.05, 0.1) is 7.11 Å². The summed E-state index contributed by atoms with van der Waals surface area (Å²) in [7, 11) is 1.34. The molecule has 132 valence electrons. The van der Waals surface area contributed by atoms with Crippen LogP contribution in [0.4, 0.5) is 4.79 Å². The lowest BCUT2D eigenvalue weighted by molar-refractivity contribution is 0.0139. The highest BCUT2D eigenvalue weighted by Gasteiger charge is 2.25. The zero-order valence-electron chi connectivity index (χ0n) is 14.7. The summed E-state index contributed by atoms with van der Waals surface area (Å²) < 4.78 is 10.0. The Balaban J connectivity index is 1.82. The molecular formula is C17H25N3O4. The van der Waals surface area contributed by atoms with Crippen LogP contribution in [0, 0.1) is 0 Å². The fourth-order valence-corrected chi connectivity index (χ4v) is 2.42. The second kappa shape index (κ2) is 7.61. The van der Waals surface area contributed by atoms with Gasteiger partial charge in [0.25, 0.3) is 0 Å². The largest absolute Gasteiger partial charge is 0.464 e. The highest BCUT2D eigenvalue weighted by atomic mass is 16.6. The molecule has 0 spiro atoms. The standard InChI is InChI=1S/C17H25N3O4/c1-17(2,3)24-16(22)20-9-7-19(8-10-20)12-13-5-6-14(18-11-13)15(21)23-4/h5-6,11H,7-10,12H2,1-4H3. The maximum atomic E-state index is 12.0. The number of ether oxygens (including phenoxy) is 2. The molecular weight excluding hydrogens is 310 g/mol. The molecule has 1 saturated heterocycles. The van der Waals surface area contributed by atoms with Gasteiger partial charge in [0.15, 0.2) is 0 Å². The van der Waals surface area contributed by atoms with Crippen LogP contribution in [-0.2, 0) is 16.0 Å². The number of pyridine rings is 1. The maximum Gasteiger partial charge on any atom is 0.410 e. The van der Waals surface area contributed by atoms with Gasteiger partial charge in [-0.15, -0.1) is 0 Å². The number of methoxy groups -OCH3 is 1. The number of esters is 1. The molecule has 1 aromatic rings. The minimum atomic E-state index is -0.471. The topological polar surface area (TPSA) is 72.0 Å². The van der Waals surface area contributed by atoms with Crippen molar-refractivity contribution < 1.29 is 19.1 Å². The minimum absolute atomic E-state index is 0.258. The number of carbonyl (C=O) groups excluding carboxylic acids is 2. The van der Waals surface area contributed by atoms with Crippen molar-refractivity contribution in [2.75, 3.05) is 33.3 Å². The fraction of sp³-hybridized carbons (Fsp3) is 0.588. The van der Waals surface area contributed by atoms with Gasteiger partial charge in [0, 0.05) is 38.9 Å². The predicted molar refractivity (Wildman–Crippen MR) is 88.7 cm³/mol. The Kier molecular flexibility index (Phi) is 5.77. The summed E-state index contributed by atoms with van der Waals surface area (Å²) in [5.74, 6) is -0.437. The highest BCUT2D eigenvalue weighted by molar-refractivity contribution is 5.86. The summed E-state index contributed by atoms with van der Waals surface area (Å²) >= 11 is 0. The molecule has 2 rings (SSSR count). The molecule has 7 heteroatoms. The average molecular weight is 335 g/mol. The van der Waals surface area contributed by atoms with Gasteiger partial charge in [-0.3, -0.25) is 4.90 Å². The quantitative estimate of drug-likeness (QED) is 0.786. The van der Waals surface area contributed by atoms with Gasteiger partial charge < -0.3 is 14.4 Å². The lowest BCUT2D eigenvalue weighted by atomic mass is 10.2. The predicted octanol–water partition coefficient (Wildman–Crippen LogP) is 1.92. The SMILES string of the molecule is COC(=O)c1ccc(CN2CCN(C(=O)OC(C)(C)C)CC2)cn1. The molecule has 1 aliphatic heterocycles. The third-order valence-electron chi connectivity index (χ3n) is 3.65. The molecule has 0 atom stereocenters. The Morgan fingerprint density at radius 1 is 1.17 bits per heavy atom. The molecule has 0 bridgehead atoms. The average Bonchev–Trinajstić information content (AvgIpc) is 2.54. The Morgan fingerprint density at radius 2 is 1.83 bits per heavy atom. The number of carbonyl (C=O) groups is 2. The third kappa shape index (κ3) is 5.19. The van der Waals surface area contributed by atoms with Crippen molar-refractivity contribution >= 4 is 12.1 Å². The van der Waals surface area contributed by atoms with E-state index < -0.39 is 11.6 Å². The molecule has 0 N–H and O–H groups in total. The number of hydrogen-bond donors (Lipinski definition) is 0. The minimum Gasteiger partial charge on any atom is -0.464 e. The van der Waals surface area contributed by atoms with E-state index in [9.17, 15) is 9.59 Å². The van der Waals surface area contributed by atoms with E-state index in [4.69, 9.17) is 4.74 Å². The molecule has 2 heterocycles. The number of amides is 1. The number of nitrogens with zero attached hydrogens (tertiary/aromatic N) is 3. The van der Waals surface area contributed by atoms with Gasteiger partial charge in [0.2, 0.25) is 0 Å². The summed E-state index contributed by atoms with van der Waals surface area (Å²) in [5, 5.41) is 0. The third-order valence-corrected chi connectivity index (χ3v) is 3.65. The zero-order valence-corrected chi connectivity index (χ0v) is 14.7. The molecule has 7 nitrogen and oxygen atoms in total. The summed E-state index contributed by atoms with van der Waals surface area (Å²) in [4.78, 5) is 31.5. The van der Waals surface area contributed by atoms with Crippen LogP contribution in [0.1, 0.15) is 36.8 Å². The van der Waals surface area contributed by atoms with Crippen LogP contribution in [0.15, 0.2) is 18.3 Å².